The number of pyridine rings is 1. The third-order valence-electron chi connectivity index (χ3n) is 2.89. The molecule has 0 radical (unpaired) electrons. The van der Waals surface area contributed by atoms with Crippen LogP contribution in [0, 0.1) is 4.91 Å². The Balaban J connectivity index is 2.10. The van der Waals surface area contributed by atoms with Gasteiger partial charge in [0.25, 0.3) is 4.92 Å². The highest BCUT2D eigenvalue weighted by atomic mass is 16.8. The number of carbonyl (C=O) groups is 1. The number of piperazine rings is 1. The number of nitrogens with one attached hydrogen (secondary N) is 1. The Kier molecular flexibility index (Phi) is 4.92. The summed E-state index contributed by atoms with van der Waals surface area (Å²) in [5.74, 6) is 0.123. The second-order valence-corrected chi connectivity index (χ2v) is 5.91. The average molecular weight is 309 g/mol. The van der Waals surface area contributed by atoms with Gasteiger partial charge < -0.3 is 15.0 Å². The zero-order chi connectivity index (χ0) is 16.2. The first-order chi connectivity index (χ1) is 10.4. The number of aromatic nitrogens is 1. The highest BCUT2D eigenvalue weighted by Crippen LogP contribution is 2.27. The number of nitrogens with zero attached hydrogens (tertiary/aromatic N) is 3. The van der Waals surface area contributed by atoms with E-state index in [1.807, 2.05) is 0 Å². The Labute approximate surface area is 128 Å². The van der Waals surface area contributed by atoms with Gasteiger partial charge in [0.2, 0.25) is 5.75 Å². The van der Waals surface area contributed by atoms with Gasteiger partial charge in [-0.3, -0.25) is 4.98 Å². The Bertz CT molecular complexity index is 550. The molecule has 0 aliphatic carbocycles. The molecule has 1 saturated heterocycles. The van der Waals surface area contributed by atoms with Crippen molar-refractivity contribution in [3.8, 4) is 5.75 Å². The fourth-order valence-electron chi connectivity index (χ4n) is 1.90. The molecule has 1 aliphatic rings. The summed E-state index contributed by atoms with van der Waals surface area (Å²) in [6.45, 7) is 7.83. The van der Waals surface area contributed by atoms with Gasteiger partial charge in [0.15, 0.2) is 5.60 Å². The molecule has 2 rings (SSSR count). The molecular weight excluding hydrogens is 288 g/mol. The maximum atomic E-state index is 12.1. The maximum absolute atomic E-state index is 12.1. The molecule has 8 heteroatoms. The van der Waals surface area contributed by atoms with E-state index in [1.54, 1.807) is 25.7 Å². The number of rotatable bonds is 3. The van der Waals surface area contributed by atoms with Crippen molar-refractivity contribution in [2.75, 3.05) is 26.2 Å². The van der Waals surface area contributed by atoms with Crippen LogP contribution in [0.2, 0.25) is 0 Å². The lowest BCUT2D eigenvalue weighted by Crippen LogP contribution is -2.47. The maximum Gasteiger partial charge on any atom is 0.415 e. The first kappa shape index (κ1) is 16.2. The van der Waals surface area contributed by atoms with E-state index in [9.17, 15) is 9.70 Å². The van der Waals surface area contributed by atoms with Crippen LogP contribution >= 0.6 is 0 Å². The van der Waals surface area contributed by atoms with Crippen LogP contribution in [-0.4, -0.2) is 52.7 Å². The SMILES string of the molecule is CC(C)(C)O[N+](=O)c1cnccc1OC(=O)N1CCNCC1. The van der Waals surface area contributed by atoms with Crippen LogP contribution < -0.4 is 10.1 Å². The highest BCUT2D eigenvalue weighted by Gasteiger charge is 2.31. The predicted octanol–water partition coefficient (Wildman–Crippen LogP) is 1.63. The van der Waals surface area contributed by atoms with Gasteiger partial charge in [0.1, 0.15) is 6.20 Å². The lowest BCUT2D eigenvalue weighted by atomic mass is 10.2. The highest BCUT2D eigenvalue weighted by molar-refractivity contribution is 5.72. The summed E-state index contributed by atoms with van der Waals surface area (Å²) >= 11 is 0. The largest absolute Gasteiger partial charge is 0.415 e. The quantitative estimate of drug-likeness (QED) is 0.854. The molecule has 0 spiro atoms. The summed E-state index contributed by atoms with van der Waals surface area (Å²) in [6.07, 6.45) is 2.27. The zero-order valence-electron chi connectivity index (χ0n) is 13.0. The molecule has 0 unspecified atom stereocenters. The Hall–Kier alpha value is -2.22. The van der Waals surface area contributed by atoms with Crippen LogP contribution in [0.5, 0.6) is 5.75 Å². The van der Waals surface area contributed by atoms with Crippen molar-refractivity contribution in [1.29, 1.82) is 0 Å². The molecule has 120 valence electrons. The number of hydrogen-bond donors (Lipinski definition) is 1. The van der Waals surface area contributed by atoms with E-state index >= 15 is 0 Å². The zero-order valence-corrected chi connectivity index (χ0v) is 13.0. The summed E-state index contributed by atoms with van der Waals surface area (Å²) in [5.41, 5.74) is -0.613. The predicted molar refractivity (Wildman–Crippen MR) is 78.8 cm³/mol. The van der Waals surface area contributed by atoms with Gasteiger partial charge in [-0.15, -0.1) is 0 Å². The van der Waals surface area contributed by atoms with Crippen molar-refractivity contribution >= 4 is 11.8 Å². The molecule has 0 bridgehead atoms. The average Bonchev–Trinajstić information content (AvgIpc) is 2.47. The number of amides is 1. The standard InChI is InChI=1S/C14H21N4O4/c1-14(2,3)22-18(20)11-10-16-5-4-12(11)21-13(19)17-8-6-15-7-9-17/h4-5,10,15H,6-9H2,1-3H3/q+1. The molecule has 1 fully saturated rings. The van der Waals surface area contributed by atoms with Gasteiger partial charge in [-0.25, -0.2) is 9.63 Å². The van der Waals surface area contributed by atoms with Crippen molar-refractivity contribution in [1.82, 2.24) is 15.2 Å². The number of hydrogen-bond acceptors (Lipinski definition) is 6. The van der Waals surface area contributed by atoms with E-state index < -0.39 is 11.7 Å². The summed E-state index contributed by atoms with van der Waals surface area (Å²) in [5, 5.41) is 3.15. The summed E-state index contributed by atoms with van der Waals surface area (Å²) in [6, 6.07) is 1.46. The molecule has 8 nitrogen and oxygen atoms in total. The fourth-order valence-corrected chi connectivity index (χ4v) is 1.90. The summed E-state index contributed by atoms with van der Waals surface area (Å²) in [4.78, 5) is 35.2. The second kappa shape index (κ2) is 6.69. The van der Waals surface area contributed by atoms with Crippen LogP contribution in [0.4, 0.5) is 10.5 Å². The second-order valence-electron chi connectivity index (χ2n) is 5.91. The Morgan fingerprint density at radius 1 is 1.36 bits per heavy atom. The van der Waals surface area contributed by atoms with Crippen LogP contribution in [0.25, 0.3) is 0 Å². The summed E-state index contributed by atoms with van der Waals surface area (Å²) < 4.78 is 5.32. The van der Waals surface area contributed by atoms with Crippen molar-refractivity contribution < 1.29 is 19.3 Å². The normalized spacial score (nSPS) is 15.3. The molecule has 1 amide bonds. The minimum Gasteiger partial charge on any atom is -0.403 e. The van der Waals surface area contributed by atoms with E-state index in [1.165, 1.54) is 18.5 Å². The molecule has 1 aromatic rings. The molecule has 0 aromatic carbocycles. The van der Waals surface area contributed by atoms with Crippen LogP contribution in [0.15, 0.2) is 18.5 Å². The summed E-state index contributed by atoms with van der Waals surface area (Å²) in [7, 11) is 0. The minimum absolute atomic E-state index is 0.0564. The molecule has 2 heterocycles. The van der Waals surface area contributed by atoms with Crippen LogP contribution in [0.1, 0.15) is 20.8 Å². The van der Waals surface area contributed by atoms with Crippen LogP contribution in [-0.2, 0) is 4.84 Å². The van der Waals surface area contributed by atoms with Crippen LogP contribution in [0.3, 0.4) is 0 Å². The molecule has 0 atom stereocenters. The first-order valence-electron chi connectivity index (χ1n) is 7.15. The van der Waals surface area contributed by atoms with E-state index in [4.69, 9.17) is 9.57 Å². The molecule has 1 N–H and O–H groups in total. The van der Waals surface area contributed by atoms with Gasteiger partial charge in [-0.05, 0) is 20.8 Å². The molecule has 1 aliphatic heterocycles. The van der Waals surface area contributed by atoms with Gasteiger partial charge in [0, 0.05) is 38.4 Å². The number of carbonyl (C=O) groups excluding carboxylic acids is 1. The number of ether oxygens (including phenoxy) is 1. The topological polar surface area (TPSA) is 83.8 Å². The third-order valence-corrected chi connectivity index (χ3v) is 2.89. The van der Waals surface area contributed by atoms with Gasteiger partial charge in [-0.2, -0.15) is 0 Å². The lowest BCUT2D eigenvalue weighted by Gasteiger charge is -2.26. The molecular formula is C14H21N4O4+. The van der Waals surface area contributed by atoms with Gasteiger partial charge >= 0.3 is 11.8 Å². The van der Waals surface area contributed by atoms with Crippen molar-refractivity contribution in [3.05, 3.63) is 23.4 Å². The van der Waals surface area contributed by atoms with E-state index in [0.717, 1.165) is 13.1 Å². The van der Waals surface area contributed by atoms with E-state index in [2.05, 4.69) is 10.3 Å². The van der Waals surface area contributed by atoms with E-state index in [-0.39, 0.29) is 11.4 Å². The lowest BCUT2D eigenvalue weighted by molar-refractivity contribution is -0.766. The van der Waals surface area contributed by atoms with E-state index in [0.29, 0.717) is 18.0 Å². The smallest absolute Gasteiger partial charge is 0.403 e. The third kappa shape index (κ3) is 4.39. The first-order valence-corrected chi connectivity index (χ1v) is 7.15. The Morgan fingerprint density at radius 3 is 2.68 bits per heavy atom. The van der Waals surface area contributed by atoms with Crippen molar-refractivity contribution in [2.45, 2.75) is 26.4 Å². The fraction of sp³-hybridized carbons (Fsp3) is 0.571. The van der Waals surface area contributed by atoms with Crippen molar-refractivity contribution in [2.24, 2.45) is 0 Å². The molecule has 0 saturated carbocycles. The molecule has 22 heavy (non-hydrogen) atoms. The molecule has 1 aromatic heterocycles. The van der Waals surface area contributed by atoms with Gasteiger partial charge in [0.05, 0.1) is 4.91 Å². The van der Waals surface area contributed by atoms with Crippen molar-refractivity contribution in [3.63, 3.8) is 0 Å². The van der Waals surface area contributed by atoms with Gasteiger partial charge in [-0.1, -0.05) is 0 Å². The monoisotopic (exact) mass is 309 g/mol. The minimum atomic E-state index is -0.669. The Morgan fingerprint density at radius 2 is 2.05 bits per heavy atom.